The summed E-state index contributed by atoms with van der Waals surface area (Å²) in [5, 5.41) is 3.22. The van der Waals surface area contributed by atoms with Gasteiger partial charge in [-0.05, 0) is 11.6 Å². The molecule has 1 saturated heterocycles. The Morgan fingerprint density at radius 2 is 2.05 bits per heavy atom. The third kappa shape index (κ3) is 4.61. The van der Waals surface area contributed by atoms with E-state index in [0.717, 1.165) is 26.2 Å². The molecule has 0 aromatic heterocycles. The number of nitrogens with one attached hydrogen (secondary N) is 1. The SMILES string of the molecule is O=C(CN1CCNCC1)OCCc1ccccc1F. The van der Waals surface area contributed by atoms with Crippen LogP contribution in [0.1, 0.15) is 5.56 Å². The summed E-state index contributed by atoms with van der Waals surface area (Å²) in [6.07, 6.45) is 0.417. The van der Waals surface area contributed by atoms with Gasteiger partial charge in [0.25, 0.3) is 0 Å². The van der Waals surface area contributed by atoms with E-state index in [4.69, 9.17) is 4.74 Å². The summed E-state index contributed by atoms with van der Waals surface area (Å²) in [6.45, 7) is 4.08. The van der Waals surface area contributed by atoms with Crippen molar-refractivity contribution in [3.63, 3.8) is 0 Å². The van der Waals surface area contributed by atoms with Crippen LogP contribution >= 0.6 is 0 Å². The normalized spacial score (nSPS) is 16.3. The van der Waals surface area contributed by atoms with E-state index in [9.17, 15) is 9.18 Å². The molecule has 4 nitrogen and oxygen atoms in total. The summed E-state index contributed by atoms with van der Waals surface area (Å²) >= 11 is 0. The summed E-state index contributed by atoms with van der Waals surface area (Å²) in [7, 11) is 0. The molecule has 0 aliphatic carbocycles. The topological polar surface area (TPSA) is 41.6 Å². The van der Waals surface area contributed by atoms with Crippen molar-refractivity contribution in [2.45, 2.75) is 6.42 Å². The number of benzene rings is 1. The van der Waals surface area contributed by atoms with Gasteiger partial charge >= 0.3 is 5.97 Å². The van der Waals surface area contributed by atoms with Crippen molar-refractivity contribution >= 4 is 5.97 Å². The Balaban J connectivity index is 1.67. The van der Waals surface area contributed by atoms with E-state index in [1.807, 2.05) is 0 Å². The molecular formula is C14H19FN2O2. The van der Waals surface area contributed by atoms with Gasteiger partial charge in [0.05, 0.1) is 13.2 Å². The zero-order valence-corrected chi connectivity index (χ0v) is 10.9. The van der Waals surface area contributed by atoms with Gasteiger partial charge in [-0.25, -0.2) is 4.39 Å². The molecule has 1 aliphatic heterocycles. The van der Waals surface area contributed by atoms with Crippen LogP contribution in [-0.2, 0) is 16.0 Å². The lowest BCUT2D eigenvalue weighted by atomic mass is 10.1. The Morgan fingerprint density at radius 3 is 2.79 bits per heavy atom. The summed E-state index contributed by atoms with van der Waals surface area (Å²) < 4.78 is 18.5. The average molecular weight is 266 g/mol. The van der Waals surface area contributed by atoms with Crippen LogP contribution in [0.2, 0.25) is 0 Å². The molecule has 2 rings (SSSR count). The van der Waals surface area contributed by atoms with E-state index in [0.29, 0.717) is 18.5 Å². The third-order valence-electron chi connectivity index (χ3n) is 3.15. The van der Waals surface area contributed by atoms with Gasteiger partial charge in [0, 0.05) is 32.6 Å². The number of hydrogen-bond donors (Lipinski definition) is 1. The van der Waals surface area contributed by atoms with Crippen molar-refractivity contribution in [3.05, 3.63) is 35.6 Å². The number of ether oxygens (including phenoxy) is 1. The van der Waals surface area contributed by atoms with Crippen molar-refractivity contribution in [2.24, 2.45) is 0 Å². The van der Waals surface area contributed by atoms with Crippen LogP contribution in [0.5, 0.6) is 0 Å². The fourth-order valence-corrected chi connectivity index (χ4v) is 2.07. The van der Waals surface area contributed by atoms with Crippen LogP contribution in [-0.4, -0.2) is 50.2 Å². The van der Waals surface area contributed by atoms with Gasteiger partial charge in [0.2, 0.25) is 0 Å². The highest BCUT2D eigenvalue weighted by molar-refractivity contribution is 5.71. The van der Waals surface area contributed by atoms with Crippen molar-refractivity contribution in [1.82, 2.24) is 10.2 Å². The molecular weight excluding hydrogens is 247 g/mol. The van der Waals surface area contributed by atoms with Gasteiger partial charge in [0.15, 0.2) is 0 Å². The smallest absolute Gasteiger partial charge is 0.320 e. The van der Waals surface area contributed by atoms with Crippen LogP contribution in [0.25, 0.3) is 0 Å². The molecule has 0 atom stereocenters. The minimum absolute atomic E-state index is 0.228. The molecule has 19 heavy (non-hydrogen) atoms. The number of halogens is 1. The quantitative estimate of drug-likeness (QED) is 0.801. The molecule has 104 valence electrons. The van der Waals surface area contributed by atoms with Gasteiger partial charge in [-0.15, -0.1) is 0 Å². The lowest BCUT2D eigenvalue weighted by molar-refractivity contribution is -0.145. The predicted octanol–water partition coefficient (Wildman–Crippen LogP) is 0.817. The fourth-order valence-electron chi connectivity index (χ4n) is 2.07. The first-order valence-corrected chi connectivity index (χ1v) is 6.58. The zero-order chi connectivity index (χ0) is 13.5. The first-order chi connectivity index (χ1) is 9.25. The van der Waals surface area contributed by atoms with Gasteiger partial charge in [-0.2, -0.15) is 0 Å². The van der Waals surface area contributed by atoms with Gasteiger partial charge < -0.3 is 10.1 Å². The maximum Gasteiger partial charge on any atom is 0.320 e. The highest BCUT2D eigenvalue weighted by Crippen LogP contribution is 2.07. The monoisotopic (exact) mass is 266 g/mol. The minimum atomic E-state index is -0.249. The summed E-state index contributed by atoms with van der Waals surface area (Å²) in [5.41, 5.74) is 0.581. The maximum absolute atomic E-state index is 13.3. The molecule has 5 heteroatoms. The Hall–Kier alpha value is -1.46. The van der Waals surface area contributed by atoms with Crippen molar-refractivity contribution < 1.29 is 13.9 Å². The molecule has 1 fully saturated rings. The second kappa shape index (κ2) is 7.21. The van der Waals surface area contributed by atoms with Crippen molar-refractivity contribution in [3.8, 4) is 0 Å². The van der Waals surface area contributed by atoms with Crippen LogP contribution in [0.15, 0.2) is 24.3 Å². The zero-order valence-electron chi connectivity index (χ0n) is 10.9. The first-order valence-electron chi connectivity index (χ1n) is 6.58. The molecule has 1 aromatic rings. The maximum atomic E-state index is 13.3. The number of nitrogens with zero attached hydrogens (tertiary/aromatic N) is 1. The van der Waals surface area contributed by atoms with Gasteiger partial charge in [-0.1, -0.05) is 18.2 Å². The molecule has 1 aliphatic rings. The third-order valence-corrected chi connectivity index (χ3v) is 3.15. The summed E-state index contributed by atoms with van der Waals surface area (Å²) in [5.74, 6) is -0.487. The Kier molecular flexibility index (Phi) is 5.30. The van der Waals surface area contributed by atoms with Crippen LogP contribution < -0.4 is 5.32 Å². The van der Waals surface area contributed by atoms with Gasteiger partial charge in [0.1, 0.15) is 5.82 Å². The van der Waals surface area contributed by atoms with Crippen LogP contribution in [0.4, 0.5) is 4.39 Å². The van der Waals surface area contributed by atoms with E-state index in [1.54, 1.807) is 18.2 Å². The molecule has 0 amide bonds. The van der Waals surface area contributed by atoms with E-state index < -0.39 is 0 Å². The Bertz CT molecular complexity index is 420. The predicted molar refractivity (Wildman–Crippen MR) is 70.4 cm³/mol. The van der Waals surface area contributed by atoms with Crippen molar-refractivity contribution in [2.75, 3.05) is 39.3 Å². The minimum Gasteiger partial charge on any atom is -0.464 e. The van der Waals surface area contributed by atoms with E-state index in [2.05, 4.69) is 10.2 Å². The number of hydrogen-bond acceptors (Lipinski definition) is 4. The molecule has 0 spiro atoms. The van der Waals surface area contributed by atoms with Crippen LogP contribution in [0, 0.1) is 5.82 Å². The lowest BCUT2D eigenvalue weighted by Gasteiger charge is -2.25. The Morgan fingerprint density at radius 1 is 1.32 bits per heavy atom. The molecule has 1 aromatic carbocycles. The number of carbonyl (C=O) groups excluding carboxylic acids is 1. The lowest BCUT2D eigenvalue weighted by Crippen LogP contribution is -2.45. The second-order valence-corrected chi connectivity index (χ2v) is 4.59. The molecule has 1 heterocycles. The summed E-state index contributed by atoms with van der Waals surface area (Å²) in [6, 6.07) is 6.55. The molecule has 1 N–H and O–H groups in total. The number of piperazine rings is 1. The average Bonchev–Trinajstić information content (AvgIpc) is 2.42. The van der Waals surface area contributed by atoms with Crippen LogP contribution in [0.3, 0.4) is 0 Å². The van der Waals surface area contributed by atoms with Crippen molar-refractivity contribution in [1.29, 1.82) is 0 Å². The molecule has 0 unspecified atom stereocenters. The highest BCUT2D eigenvalue weighted by atomic mass is 19.1. The first kappa shape index (κ1) is 14.0. The van der Waals surface area contributed by atoms with Gasteiger partial charge in [-0.3, -0.25) is 9.69 Å². The van der Waals surface area contributed by atoms with E-state index in [-0.39, 0.29) is 18.4 Å². The summed E-state index contributed by atoms with van der Waals surface area (Å²) in [4.78, 5) is 13.7. The molecule has 0 bridgehead atoms. The second-order valence-electron chi connectivity index (χ2n) is 4.59. The number of esters is 1. The molecule has 0 saturated carbocycles. The van der Waals surface area contributed by atoms with E-state index >= 15 is 0 Å². The highest BCUT2D eigenvalue weighted by Gasteiger charge is 2.14. The largest absolute Gasteiger partial charge is 0.464 e. The van der Waals surface area contributed by atoms with E-state index in [1.165, 1.54) is 6.07 Å². The number of carbonyl (C=O) groups is 1. The fraction of sp³-hybridized carbons (Fsp3) is 0.500. The molecule has 0 radical (unpaired) electrons. The number of rotatable bonds is 5. The standard InChI is InChI=1S/C14H19FN2O2/c15-13-4-2-1-3-12(13)5-10-19-14(18)11-17-8-6-16-7-9-17/h1-4,16H,5-11H2. The Labute approximate surface area is 112 Å².